The molecule has 0 atom stereocenters. The van der Waals surface area contributed by atoms with Gasteiger partial charge in [0.25, 0.3) is 5.69 Å². The molecule has 0 bridgehead atoms. The fourth-order valence-corrected chi connectivity index (χ4v) is 2.01. The molecule has 0 saturated heterocycles. The summed E-state index contributed by atoms with van der Waals surface area (Å²) in [4.78, 5) is 20.9. The van der Waals surface area contributed by atoms with E-state index in [0.29, 0.717) is 11.1 Å². The van der Waals surface area contributed by atoms with E-state index >= 15 is 0 Å². The molecule has 0 amide bonds. The van der Waals surface area contributed by atoms with Gasteiger partial charge in [-0.15, -0.1) is 0 Å². The van der Waals surface area contributed by atoms with Gasteiger partial charge in [0.05, 0.1) is 11.3 Å². The van der Waals surface area contributed by atoms with Crippen LogP contribution in [0.4, 0.5) is 5.69 Å². The third-order valence-electron chi connectivity index (χ3n) is 2.79. The topological polar surface area (TPSA) is 80.4 Å². The number of hydrogen-bond donors (Lipinski definition) is 1. The summed E-state index contributed by atoms with van der Waals surface area (Å²) in [6, 6.07) is 11.4. The van der Waals surface area contributed by atoms with Crippen LogP contribution in [-0.4, -0.2) is 16.0 Å². The minimum absolute atomic E-state index is 0.0545. The van der Waals surface area contributed by atoms with Gasteiger partial charge < -0.3 is 5.11 Å². The van der Waals surface area contributed by atoms with Gasteiger partial charge in [-0.05, 0) is 22.8 Å². The quantitative estimate of drug-likeness (QED) is 0.690. The van der Waals surface area contributed by atoms with Crippen LogP contribution in [0.1, 0.15) is 5.56 Å². The Morgan fingerprint density at radius 2 is 1.75 bits per heavy atom. The second kappa shape index (κ2) is 5.71. The summed E-state index contributed by atoms with van der Waals surface area (Å²) in [5.41, 5.74) is 1.94. The van der Waals surface area contributed by atoms with Gasteiger partial charge in [-0.3, -0.25) is 14.9 Å². The highest BCUT2D eigenvalue weighted by molar-refractivity contribution is 6.32. The summed E-state index contributed by atoms with van der Waals surface area (Å²) in [6.07, 6.45) is -0.0545. The third-order valence-corrected chi connectivity index (χ3v) is 3.11. The number of hydrogen-bond acceptors (Lipinski definition) is 3. The molecule has 0 aliphatic carbocycles. The Balaban J connectivity index is 2.34. The average Bonchev–Trinajstić information content (AvgIpc) is 2.39. The third kappa shape index (κ3) is 3.13. The first kappa shape index (κ1) is 14.0. The van der Waals surface area contributed by atoms with Crippen molar-refractivity contribution in [3.63, 3.8) is 0 Å². The van der Waals surface area contributed by atoms with E-state index in [4.69, 9.17) is 16.7 Å². The molecule has 0 fully saturated rings. The normalized spacial score (nSPS) is 10.2. The minimum atomic E-state index is -0.903. The summed E-state index contributed by atoms with van der Waals surface area (Å²) < 4.78 is 0. The molecule has 102 valence electrons. The van der Waals surface area contributed by atoms with Crippen molar-refractivity contribution in [1.82, 2.24) is 0 Å². The molecule has 0 aliphatic heterocycles. The largest absolute Gasteiger partial charge is 0.481 e. The number of carboxylic acids is 1. The Kier molecular flexibility index (Phi) is 4.00. The van der Waals surface area contributed by atoms with Crippen LogP contribution in [0.15, 0.2) is 42.5 Å². The van der Waals surface area contributed by atoms with Crippen molar-refractivity contribution >= 4 is 23.3 Å². The van der Waals surface area contributed by atoms with Gasteiger partial charge in [-0.2, -0.15) is 0 Å². The van der Waals surface area contributed by atoms with Crippen LogP contribution in [0.5, 0.6) is 0 Å². The first-order valence-electron chi connectivity index (χ1n) is 5.72. The maximum Gasteiger partial charge on any atom is 0.307 e. The lowest BCUT2D eigenvalue weighted by molar-refractivity contribution is -0.384. The molecule has 20 heavy (non-hydrogen) atoms. The van der Waals surface area contributed by atoms with Crippen molar-refractivity contribution < 1.29 is 14.8 Å². The highest BCUT2D eigenvalue weighted by atomic mass is 35.5. The van der Waals surface area contributed by atoms with Crippen molar-refractivity contribution in [2.24, 2.45) is 0 Å². The molecule has 0 heterocycles. The van der Waals surface area contributed by atoms with Gasteiger partial charge in [0.2, 0.25) is 0 Å². The fourth-order valence-electron chi connectivity index (χ4n) is 1.82. The van der Waals surface area contributed by atoms with Gasteiger partial charge >= 0.3 is 5.97 Å². The van der Waals surface area contributed by atoms with E-state index in [0.717, 1.165) is 5.56 Å². The van der Waals surface area contributed by atoms with E-state index in [-0.39, 0.29) is 17.1 Å². The number of aliphatic carboxylic acids is 1. The van der Waals surface area contributed by atoms with Crippen LogP contribution in [0.25, 0.3) is 11.1 Å². The zero-order valence-corrected chi connectivity index (χ0v) is 11.0. The Morgan fingerprint density at radius 3 is 2.30 bits per heavy atom. The molecule has 0 radical (unpaired) electrons. The van der Waals surface area contributed by atoms with Crippen molar-refractivity contribution in [1.29, 1.82) is 0 Å². The Morgan fingerprint density at radius 1 is 1.15 bits per heavy atom. The van der Waals surface area contributed by atoms with Crippen LogP contribution in [0, 0.1) is 10.1 Å². The van der Waals surface area contributed by atoms with Crippen molar-refractivity contribution in [2.75, 3.05) is 0 Å². The molecular formula is C14H10ClNO4. The Bertz CT molecular complexity index is 667. The molecule has 0 aromatic heterocycles. The van der Waals surface area contributed by atoms with Gasteiger partial charge in [0.1, 0.15) is 5.02 Å². The van der Waals surface area contributed by atoms with Crippen LogP contribution in [-0.2, 0) is 11.2 Å². The second-order valence-electron chi connectivity index (χ2n) is 4.19. The molecule has 1 N–H and O–H groups in total. The van der Waals surface area contributed by atoms with E-state index in [1.165, 1.54) is 12.1 Å². The van der Waals surface area contributed by atoms with E-state index in [2.05, 4.69) is 0 Å². The molecule has 2 rings (SSSR count). The lowest BCUT2D eigenvalue weighted by Gasteiger charge is -2.04. The van der Waals surface area contributed by atoms with Gasteiger partial charge in [0, 0.05) is 6.07 Å². The van der Waals surface area contributed by atoms with E-state index in [1.807, 2.05) is 0 Å². The molecule has 0 unspecified atom stereocenters. The summed E-state index contributed by atoms with van der Waals surface area (Å²) in [5.74, 6) is -0.903. The van der Waals surface area contributed by atoms with Crippen LogP contribution in [0.2, 0.25) is 5.02 Å². The molecule has 0 aliphatic rings. The summed E-state index contributed by atoms with van der Waals surface area (Å²) in [7, 11) is 0. The summed E-state index contributed by atoms with van der Waals surface area (Å²) in [5, 5.41) is 19.6. The first-order chi connectivity index (χ1) is 9.47. The van der Waals surface area contributed by atoms with Crippen molar-refractivity contribution in [3.8, 4) is 11.1 Å². The van der Waals surface area contributed by atoms with Crippen molar-refractivity contribution in [2.45, 2.75) is 6.42 Å². The van der Waals surface area contributed by atoms with Gasteiger partial charge in [-0.25, -0.2) is 0 Å². The smallest absolute Gasteiger partial charge is 0.307 e. The molecule has 5 nitrogen and oxygen atoms in total. The number of carbonyl (C=O) groups is 1. The van der Waals surface area contributed by atoms with Gasteiger partial charge in [0.15, 0.2) is 0 Å². The molecular weight excluding hydrogens is 282 g/mol. The number of halogens is 1. The molecule has 2 aromatic carbocycles. The number of benzene rings is 2. The first-order valence-corrected chi connectivity index (χ1v) is 6.10. The van der Waals surface area contributed by atoms with Gasteiger partial charge in [-0.1, -0.05) is 41.9 Å². The highest BCUT2D eigenvalue weighted by Crippen LogP contribution is 2.30. The number of nitro groups is 1. The van der Waals surface area contributed by atoms with Crippen LogP contribution < -0.4 is 0 Å². The van der Waals surface area contributed by atoms with E-state index in [9.17, 15) is 14.9 Å². The summed E-state index contributed by atoms with van der Waals surface area (Å²) in [6.45, 7) is 0. The molecule has 6 heteroatoms. The minimum Gasteiger partial charge on any atom is -0.481 e. The monoisotopic (exact) mass is 291 g/mol. The summed E-state index contributed by atoms with van der Waals surface area (Å²) >= 11 is 5.75. The Labute approximate surface area is 119 Å². The SMILES string of the molecule is O=C(O)Cc1ccc(-c2ccc(Cl)c([N+](=O)[O-])c2)cc1. The average molecular weight is 292 g/mol. The predicted molar refractivity (Wildman–Crippen MR) is 74.9 cm³/mol. The number of nitrogens with zero attached hydrogens (tertiary/aromatic N) is 1. The van der Waals surface area contributed by atoms with E-state index in [1.54, 1.807) is 30.3 Å². The van der Waals surface area contributed by atoms with Crippen LogP contribution >= 0.6 is 11.6 Å². The lowest BCUT2D eigenvalue weighted by Crippen LogP contribution is -1.99. The standard InChI is InChI=1S/C14H10ClNO4/c15-12-6-5-11(8-13(12)16(19)20)10-3-1-9(2-4-10)7-14(17)18/h1-6,8H,7H2,(H,17,18). The zero-order valence-electron chi connectivity index (χ0n) is 10.2. The van der Waals surface area contributed by atoms with E-state index < -0.39 is 10.9 Å². The highest BCUT2D eigenvalue weighted by Gasteiger charge is 2.13. The molecule has 0 spiro atoms. The van der Waals surface area contributed by atoms with Crippen molar-refractivity contribution in [3.05, 3.63) is 63.2 Å². The zero-order chi connectivity index (χ0) is 14.7. The molecule has 0 saturated carbocycles. The number of nitro benzene ring substituents is 1. The maximum atomic E-state index is 10.8. The Hall–Kier alpha value is -2.40. The predicted octanol–water partition coefficient (Wildman–Crippen LogP) is 3.54. The van der Waals surface area contributed by atoms with Crippen LogP contribution in [0.3, 0.4) is 0 Å². The fraction of sp³-hybridized carbons (Fsp3) is 0.0714. The number of carboxylic acid groups (broad SMARTS) is 1. The lowest BCUT2D eigenvalue weighted by atomic mass is 10.0. The number of rotatable bonds is 4. The second-order valence-corrected chi connectivity index (χ2v) is 4.60. The molecule has 2 aromatic rings. The maximum absolute atomic E-state index is 10.8.